The summed E-state index contributed by atoms with van der Waals surface area (Å²) in [5.74, 6) is -0.225. The molecule has 0 atom stereocenters. The molecule has 3 rings (SSSR count). The Bertz CT molecular complexity index is 927. The van der Waals surface area contributed by atoms with E-state index < -0.39 is 4.92 Å². The average Bonchev–Trinajstić information content (AvgIpc) is 2.89. The minimum Gasteiger partial charge on any atom is -0.268 e. The molecule has 1 aromatic carbocycles. The first kappa shape index (κ1) is 18.2. The van der Waals surface area contributed by atoms with Crippen LogP contribution in [0.2, 0.25) is 0 Å². The van der Waals surface area contributed by atoms with E-state index >= 15 is 0 Å². The maximum absolute atomic E-state index is 12.7. The Kier molecular flexibility index (Phi) is 5.15. The number of aromatic nitrogens is 1. The molecule has 0 N–H and O–H groups in total. The Morgan fingerprint density at radius 1 is 1.35 bits per heavy atom. The SMILES string of the molecule is CC(C)c1ccc(/C=C2\SC(=S)N(c3cccnc3)C2=O)cc1[N+](=O)[O-]. The van der Waals surface area contributed by atoms with Gasteiger partial charge in [-0.3, -0.25) is 24.8 Å². The highest BCUT2D eigenvalue weighted by atomic mass is 32.2. The van der Waals surface area contributed by atoms with Gasteiger partial charge in [-0.05, 0) is 29.7 Å². The number of pyridine rings is 1. The van der Waals surface area contributed by atoms with Crippen LogP contribution < -0.4 is 4.90 Å². The molecule has 0 saturated carbocycles. The van der Waals surface area contributed by atoms with Crippen LogP contribution in [-0.4, -0.2) is 20.1 Å². The second-order valence-corrected chi connectivity index (χ2v) is 7.63. The van der Waals surface area contributed by atoms with Crippen molar-refractivity contribution in [1.82, 2.24) is 4.98 Å². The molecule has 6 nitrogen and oxygen atoms in total. The summed E-state index contributed by atoms with van der Waals surface area (Å²) in [6.07, 6.45) is 4.81. The molecule has 26 heavy (non-hydrogen) atoms. The highest BCUT2D eigenvalue weighted by Crippen LogP contribution is 2.36. The number of thioether (sulfide) groups is 1. The zero-order valence-corrected chi connectivity index (χ0v) is 15.7. The molecule has 1 amide bonds. The van der Waals surface area contributed by atoms with E-state index in [0.717, 1.165) is 0 Å². The molecular weight excluding hydrogens is 370 g/mol. The lowest BCUT2D eigenvalue weighted by Crippen LogP contribution is -2.27. The zero-order valence-electron chi connectivity index (χ0n) is 14.1. The highest BCUT2D eigenvalue weighted by molar-refractivity contribution is 8.27. The number of benzene rings is 1. The lowest BCUT2D eigenvalue weighted by molar-refractivity contribution is -0.385. The van der Waals surface area contributed by atoms with Crippen molar-refractivity contribution < 1.29 is 9.72 Å². The van der Waals surface area contributed by atoms with E-state index in [4.69, 9.17) is 12.2 Å². The van der Waals surface area contributed by atoms with Gasteiger partial charge in [-0.15, -0.1) is 0 Å². The van der Waals surface area contributed by atoms with Crippen LogP contribution in [0.3, 0.4) is 0 Å². The Hall–Kier alpha value is -2.58. The summed E-state index contributed by atoms with van der Waals surface area (Å²) in [6, 6.07) is 8.48. The number of nitro benzene ring substituents is 1. The first-order valence-corrected chi connectivity index (χ1v) is 9.07. The molecule has 1 saturated heterocycles. The minimum absolute atomic E-state index is 0.0354. The Labute approximate surface area is 160 Å². The molecule has 0 aliphatic carbocycles. The summed E-state index contributed by atoms with van der Waals surface area (Å²) in [5.41, 5.74) is 1.90. The maximum atomic E-state index is 12.7. The van der Waals surface area contributed by atoms with Crippen molar-refractivity contribution >= 4 is 51.7 Å². The Morgan fingerprint density at radius 2 is 2.12 bits per heavy atom. The Balaban J connectivity index is 1.96. The number of carbonyl (C=O) groups excluding carboxylic acids is 1. The van der Waals surface area contributed by atoms with Gasteiger partial charge in [-0.2, -0.15) is 0 Å². The lowest BCUT2D eigenvalue weighted by Gasteiger charge is -2.13. The van der Waals surface area contributed by atoms with Crippen molar-refractivity contribution in [3.05, 3.63) is 68.9 Å². The van der Waals surface area contributed by atoms with Gasteiger partial charge < -0.3 is 0 Å². The van der Waals surface area contributed by atoms with Gasteiger partial charge >= 0.3 is 0 Å². The van der Waals surface area contributed by atoms with Crippen molar-refractivity contribution in [1.29, 1.82) is 0 Å². The van der Waals surface area contributed by atoms with E-state index in [1.807, 2.05) is 13.8 Å². The fourth-order valence-electron chi connectivity index (χ4n) is 2.62. The number of anilines is 1. The van der Waals surface area contributed by atoms with Gasteiger partial charge in [0.25, 0.3) is 11.6 Å². The van der Waals surface area contributed by atoms with Crippen molar-refractivity contribution in [2.24, 2.45) is 0 Å². The van der Waals surface area contributed by atoms with Crippen molar-refractivity contribution in [2.75, 3.05) is 4.90 Å². The van der Waals surface area contributed by atoms with Crippen molar-refractivity contribution in [2.45, 2.75) is 19.8 Å². The first-order valence-electron chi connectivity index (χ1n) is 7.85. The molecule has 8 heteroatoms. The number of hydrogen-bond donors (Lipinski definition) is 0. The topological polar surface area (TPSA) is 76.3 Å². The van der Waals surface area contributed by atoms with Crippen LogP contribution in [0.25, 0.3) is 6.08 Å². The fraction of sp³-hybridized carbons (Fsp3) is 0.167. The molecule has 0 unspecified atom stereocenters. The summed E-state index contributed by atoms with van der Waals surface area (Å²) >= 11 is 6.47. The molecule has 0 radical (unpaired) electrons. The molecule has 0 spiro atoms. The largest absolute Gasteiger partial charge is 0.273 e. The van der Waals surface area contributed by atoms with Gasteiger partial charge in [0.05, 0.1) is 21.7 Å². The van der Waals surface area contributed by atoms with Gasteiger partial charge in [-0.25, -0.2) is 0 Å². The quantitative estimate of drug-likeness (QED) is 0.333. The van der Waals surface area contributed by atoms with Gasteiger partial charge in [0.15, 0.2) is 4.32 Å². The standard InChI is InChI=1S/C18H15N3O3S2/c1-11(2)14-6-5-12(8-15(14)21(23)24)9-16-17(22)20(18(25)26-16)13-4-3-7-19-10-13/h3-11H,1-2H3/b16-9-. The Morgan fingerprint density at radius 3 is 2.73 bits per heavy atom. The van der Waals surface area contributed by atoms with Gasteiger partial charge in [-0.1, -0.05) is 50.0 Å². The van der Waals surface area contributed by atoms with Crippen LogP contribution in [-0.2, 0) is 4.79 Å². The number of rotatable bonds is 4. The lowest BCUT2D eigenvalue weighted by atomic mass is 9.99. The van der Waals surface area contributed by atoms with Gasteiger partial charge in [0, 0.05) is 17.8 Å². The van der Waals surface area contributed by atoms with E-state index in [1.54, 1.807) is 42.7 Å². The summed E-state index contributed by atoms with van der Waals surface area (Å²) in [6.45, 7) is 3.81. The van der Waals surface area contributed by atoms with Crippen molar-refractivity contribution in [3.63, 3.8) is 0 Å². The minimum atomic E-state index is -0.395. The molecule has 2 heterocycles. The second kappa shape index (κ2) is 7.35. The molecule has 2 aromatic rings. The molecule has 1 aliphatic heterocycles. The maximum Gasteiger partial charge on any atom is 0.273 e. The van der Waals surface area contributed by atoms with E-state index in [0.29, 0.717) is 26.0 Å². The summed E-state index contributed by atoms with van der Waals surface area (Å²) in [5, 5.41) is 11.3. The van der Waals surface area contributed by atoms with Crippen molar-refractivity contribution in [3.8, 4) is 0 Å². The molecule has 1 fully saturated rings. The third-order valence-electron chi connectivity index (χ3n) is 3.87. The smallest absolute Gasteiger partial charge is 0.268 e. The predicted molar refractivity (Wildman–Crippen MR) is 107 cm³/mol. The summed E-state index contributed by atoms with van der Waals surface area (Å²) in [4.78, 5) is 29.5. The molecule has 0 bridgehead atoms. The zero-order chi connectivity index (χ0) is 18.8. The average molecular weight is 385 g/mol. The second-order valence-electron chi connectivity index (χ2n) is 5.96. The number of thiocarbonyl (C=S) groups is 1. The van der Waals surface area contributed by atoms with E-state index in [2.05, 4.69) is 4.98 Å². The monoisotopic (exact) mass is 385 g/mol. The van der Waals surface area contributed by atoms with Crippen LogP contribution in [0.1, 0.15) is 30.9 Å². The number of carbonyl (C=O) groups is 1. The molecule has 132 valence electrons. The third kappa shape index (κ3) is 3.51. The van der Waals surface area contributed by atoms with Gasteiger partial charge in [0.1, 0.15) is 0 Å². The normalized spacial score (nSPS) is 16.0. The highest BCUT2D eigenvalue weighted by Gasteiger charge is 2.33. The number of nitro groups is 1. The van der Waals surface area contributed by atoms with Gasteiger partial charge in [0.2, 0.25) is 0 Å². The number of nitrogens with zero attached hydrogens (tertiary/aromatic N) is 3. The van der Waals surface area contributed by atoms with Crippen LogP contribution in [0.4, 0.5) is 11.4 Å². The van der Waals surface area contributed by atoms with Crippen LogP contribution in [0, 0.1) is 10.1 Å². The molecular formula is C18H15N3O3S2. The summed E-state index contributed by atoms with van der Waals surface area (Å²) < 4.78 is 0.405. The fourth-order valence-corrected chi connectivity index (χ4v) is 3.92. The predicted octanol–water partition coefficient (Wildman–Crippen LogP) is 4.52. The summed E-state index contributed by atoms with van der Waals surface area (Å²) in [7, 11) is 0. The van der Waals surface area contributed by atoms with Crippen LogP contribution in [0.15, 0.2) is 47.6 Å². The van der Waals surface area contributed by atoms with Crippen LogP contribution in [0.5, 0.6) is 0 Å². The molecule has 1 aliphatic rings. The van der Waals surface area contributed by atoms with Crippen LogP contribution >= 0.6 is 24.0 Å². The number of hydrogen-bond acceptors (Lipinski definition) is 6. The third-order valence-corrected chi connectivity index (χ3v) is 5.17. The first-order chi connectivity index (χ1) is 12.4. The van der Waals surface area contributed by atoms with E-state index in [-0.39, 0.29) is 17.5 Å². The molecule has 1 aromatic heterocycles. The van der Waals surface area contributed by atoms with E-state index in [1.165, 1.54) is 22.7 Å². The van der Waals surface area contributed by atoms with E-state index in [9.17, 15) is 14.9 Å². The number of amides is 1.